The first-order valence-corrected chi connectivity index (χ1v) is 10.9. The Morgan fingerprint density at radius 2 is 1.90 bits per heavy atom. The van der Waals surface area contributed by atoms with Gasteiger partial charge in [-0.05, 0) is 43.5 Å². The van der Waals surface area contributed by atoms with E-state index in [9.17, 15) is 9.59 Å². The van der Waals surface area contributed by atoms with Crippen LogP contribution in [0.4, 0.5) is 5.82 Å². The molecule has 1 amide bonds. The van der Waals surface area contributed by atoms with E-state index < -0.39 is 0 Å². The van der Waals surface area contributed by atoms with Crippen LogP contribution in [0.25, 0.3) is 10.9 Å². The lowest BCUT2D eigenvalue weighted by molar-refractivity contribution is -0.131. The molecule has 4 rings (SSSR count). The maximum absolute atomic E-state index is 12.6. The van der Waals surface area contributed by atoms with E-state index in [1.54, 1.807) is 19.2 Å². The van der Waals surface area contributed by atoms with Gasteiger partial charge in [0, 0.05) is 55.9 Å². The van der Waals surface area contributed by atoms with Crippen molar-refractivity contribution in [2.75, 3.05) is 37.7 Å². The van der Waals surface area contributed by atoms with Crippen molar-refractivity contribution in [1.29, 1.82) is 0 Å². The smallest absolute Gasteiger partial charge is 0.339 e. The van der Waals surface area contributed by atoms with Gasteiger partial charge in [-0.2, -0.15) is 0 Å². The number of hydrogen-bond donors (Lipinski definition) is 1. The maximum atomic E-state index is 12.6. The number of anilines is 1. The summed E-state index contributed by atoms with van der Waals surface area (Å²) in [5.74, 6) is 0.675. The van der Waals surface area contributed by atoms with Crippen molar-refractivity contribution >= 4 is 28.6 Å². The van der Waals surface area contributed by atoms with Gasteiger partial charge in [-0.25, -0.2) is 9.78 Å². The van der Waals surface area contributed by atoms with Crippen LogP contribution in [0.1, 0.15) is 35.7 Å². The van der Waals surface area contributed by atoms with Crippen LogP contribution in [-0.2, 0) is 16.0 Å². The zero-order valence-corrected chi connectivity index (χ0v) is 17.8. The van der Waals surface area contributed by atoms with Crippen molar-refractivity contribution in [3.63, 3.8) is 0 Å². The van der Waals surface area contributed by atoms with Gasteiger partial charge in [0.2, 0.25) is 5.91 Å². The lowest BCUT2D eigenvalue weighted by Gasteiger charge is -2.35. The molecule has 162 valence electrons. The second kappa shape index (κ2) is 9.64. The van der Waals surface area contributed by atoms with Crippen molar-refractivity contribution in [1.82, 2.24) is 14.9 Å². The van der Waals surface area contributed by atoms with Gasteiger partial charge in [-0.15, -0.1) is 0 Å². The zero-order valence-electron chi connectivity index (χ0n) is 17.8. The van der Waals surface area contributed by atoms with E-state index in [-0.39, 0.29) is 11.9 Å². The van der Waals surface area contributed by atoms with E-state index in [4.69, 9.17) is 4.74 Å². The number of esters is 1. The molecule has 0 atom stereocenters. The quantitative estimate of drug-likeness (QED) is 0.593. The summed E-state index contributed by atoms with van der Waals surface area (Å²) in [6.07, 6.45) is 5.90. The molecule has 1 N–H and O–H groups in total. The summed E-state index contributed by atoms with van der Waals surface area (Å²) >= 11 is 0. The summed E-state index contributed by atoms with van der Waals surface area (Å²) in [5, 5.41) is 1.24. The van der Waals surface area contributed by atoms with E-state index in [1.807, 2.05) is 29.3 Å². The third kappa shape index (κ3) is 4.87. The number of amides is 1. The third-order valence-electron chi connectivity index (χ3n) is 5.73. The molecule has 3 aromatic rings. The Bertz CT molecular complexity index is 1040. The van der Waals surface area contributed by atoms with Crippen LogP contribution >= 0.6 is 0 Å². The highest BCUT2D eigenvalue weighted by molar-refractivity contribution is 5.89. The van der Waals surface area contributed by atoms with Gasteiger partial charge in [0.05, 0.1) is 12.2 Å². The maximum Gasteiger partial charge on any atom is 0.339 e. The summed E-state index contributed by atoms with van der Waals surface area (Å²) < 4.78 is 4.99. The summed E-state index contributed by atoms with van der Waals surface area (Å²) in [7, 11) is 0. The highest BCUT2D eigenvalue weighted by Gasteiger charge is 2.22. The number of aromatic nitrogens is 2. The minimum absolute atomic E-state index is 0.213. The Balaban J connectivity index is 1.24. The molecule has 0 spiro atoms. The molecule has 31 heavy (non-hydrogen) atoms. The SMILES string of the molecule is CCOC(=O)c1ccc(N2CCN(C(=O)CCCc3c[nH]c4ccccc34)CC2)nc1. The van der Waals surface area contributed by atoms with E-state index >= 15 is 0 Å². The molecule has 1 aliphatic rings. The first-order valence-electron chi connectivity index (χ1n) is 10.9. The number of carbonyl (C=O) groups is 2. The number of nitrogens with zero attached hydrogens (tertiary/aromatic N) is 3. The molecule has 7 nitrogen and oxygen atoms in total. The number of benzene rings is 1. The number of nitrogens with one attached hydrogen (secondary N) is 1. The number of fused-ring (bicyclic) bond motifs is 1. The molecule has 0 saturated carbocycles. The fourth-order valence-corrected chi connectivity index (χ4v) is 4.02. The first-order chi connectivity index (χ1) is 15.2. The molecule has 0 unspecified atom stereocenters. The van der Waals surface area contributed by atoms with Crippen molar-refractivity contribution in [3.8, 4) is 0 Å². The lowest BCUT2D eigenvalue weighted by atomic mass is 10.1. The molecule has 3 heterocycles. The predicted molar refractivity (Wildman–Crippen MR) is 120 cm³/mol. The van der Waals surface area contributed by atoms with Gasteiger partial charge in [-0.1, -0.05) is 18.2 Å². The number of ether oxygens (including phenoxy) is 1. The molecular formula is C24H28N4O3. The van der Waals surface area contributed by atoms with E-state index in [0.29, 0.717) is 31.7 Å². The molecule has 1 aromatic carbocycles. The first kappa shape index (κ1) is 20.9. The average Bonchev–Trinajstić information content (AvgIpc) is 3.22. The van der Waals surface area contributed by atoms with Crippen molar-refractivity contribution < 1.29 is 14.3 Å². The summed E-state index contributed by atoms with van der Waals surface area (Å²) in [6, 6.07) is 11.8. The molecule has 7 heteroatoms. The van der Waals surface area contributed by atoms with Crippen LogP contribution in [0.5, 0.6) is 0 Å². The number of piperazine rings is 1. The van der Waals surface area contributed by atoms with Crippen molar-refractivity contribution in [3.05, 3.63) is 59.9 Å². The van der Waals surface area contributed by atoms with Gasteiger partial charge in [0.25, 0.3) is 0 Å². The second-order valence-electron chi connectivity index (χ2n) is 7.71. The summed E-state index contributed by atoms with van der Waals surface area (Å²) in [4.78, 5) is 36.2. The number of para-hydroxylation sites is 1. The van der Waals surface area contributed by atoms with Gasteiger partial charge in [0.15, 0.2) is 0 Å². The Labute approximate surface area is 182 Å². The zero-order chi connectivity index (χ0) is 21.6. The number of carbonyl (C=O) groups excluding carboxylic acids is 2. The Morgan fingerprint density at radius 1 is 1.10 bits per heavy atom. The van der Waals surface area contributed by atoms with Crippen molar-refractivity contribution in [2.24, 2.45) is 0 Å². The standard InChI is InChI=1S/C24H28N4O3/c1-2-31-24(30)19-10-11-22(26-17-19)27-12-14-28(15-13-27)23(29)9-5-6-18-16-25-21-8-4-3-7-20(18)21/h3-4,7-8,10-11,16-17,25H,2,5-6,9,12-15H2,1H3. The largest absolute Gasteiger partial charge is 0.462 e. The topological polar surface area (TPSA) is 78.5 Å². The number of aryl methyl sites for hydroxylation is 1. The molecule has 0 bridgehead atoms. The second-order valence-corrected chi connectivity index (χ2v) is 7.71. The van der Waals surface area contributed by atoms with Crippen LogP contribution in [0.2, 0.25) is 0 Å². The Hall–Kier alpha value is -3.35. The molecule has 0 radical (unpaired) electrons. The van der Waals surface area contributed by atoms with E-state index in [1.165, 1.54) is 10.9 Å². The Morgan fingerprint density at radius 3 is 2.65 bits per heavy atom. The molecular weight excluding hydrogens is 392 g/mol. The van der Waals surface area contributed by atoms with Crippen LogP contribution in [0.3, 0.4) is 0 Å². The average molecular weight is 421 g/mol. The summed E-state index contributed by atoms with van der Waals surface area (Å²) in [6.45, 7) is 4.97. The third-order valence-corrected chi connectivity index (χ3v) is 5.73. The highest BCUT2D eigenvalue weighted by Crippen LogP contribution is 2.20. The molecule has 1 fully saturated rings. The Kier molecular flexibility index (Phi) is 6.50. The van der Waals surface area contributed by atoms with Gasteiger partial charge in [0.1, 0.15) is 5.82 Å². The fraction of sp³-hybridized carbons (Fsp3) is 0.375. The lowest BCUT2D eigenvalue weighted by Crippen LogP contribution is -2.49. The fourth-order valence-electron chi connectivity index (χ4n) is 4.02. The minimum Gasteiger partial charge on any atom is -0.462 e. The van der Waals surface area contributed by atoms with Crippen LogP contribution in [0, 0.1) is 0 Å². The normalized spacial score (nSPS) is 14.1. The molecule has 1 saturated heterocycles. The highest BCUT2D eigenvalue weighted by atomic mass is 16.5. The van der Waals surface area contributed by atoms with Gasteiger partial charge in [-0.3, -0.25) is 4.79 Å². The van der Waals surface area contributed by atoms with Crippen LogP contribution in [-0.4, -0.2) is 59.5 Å². The number of rotatable bonds is 7. The predicted octanol–water partition coefficient (Wildman–Crippen LogP) is 3.41. The monoisotopic (exact) mass is 420 g/mol. The minimum atomic E-state index is -0.357. The van der Waals surface area contributed by atoms with Crippen LogP contribution < -0.4 is 4.90 Å². The molecule has 0 aliphatic carbocycles. The van der Waals surface area contributed by atoms with E-state index in [2.05, 4.69) is 27.0 Å². The summed E-state index contributed by atoms with van der Waals surface area (Å²) in [5.41, 5.74) is 2.86. The number of H-pyrrole nitrogens is 1. The number of aromatic amines is 1. The molecule has 2 aromatic heterocycles. The van der Waals surface area contributed by atoms with Crippen LogP contribution in [0.15, 0.2) is 48.8 Å². The number of hydrogen-bond acceptors (Lipinski definition) is 5. The van der Waals surface area contributed by atoms with E-state index in [0.717, 1.165) is 37.3 Å². The molecule has 1 aliphatic heterocycles. The van der Waals surface area contributed by atoms with Crippen molar-refractivity contribution in [2.45, 2.75) is 26.2 Å². The number of pyridine rings is 1. The van der Waals surface area contributed by atoms with Gasteiger partial charge >= 0.3 is 5.97 Å². The van der Waals surface area contributed by atoms with Gasteiger partial charge < -0.3 is 19.5 Å².